The number of benzene rings is 3. The number of hydrogen-bond donors (Lipinski definition) is 1. The third-order valence-corrected chi connectivity index (χ3v) is 6.14. The lowest BCUT2D eigenvalue weighted by molar-refractivity contribution is -0.115. The van der Waals surface area contributed by atoms with Gasteiger partial charge in [0.2, 0.25) is 11.1 Å². The van der Waals surface area contributed by atoms with E-state index in [2.05, 4.69) is 20.3 Å². The van der Waals surface area contributed by atoms with Crippen molar-refractivity contribution in [2.45, 2.75) is 0 Å². The lowest BCUT2D eigenvalue weighted by Gasteiger charge is -2.12. The van der Waals surface area contributed by atoms with Gasteiger partial charge in [0.1, 0.15) is 11.5 Å². The summed E-state index contributed by atoms with van der Waals surface area (Å²) in [7, 11) is 1.59. The molecule has 0 aliphatic carbocycles. The number of hydrogen-bond acceptors (Lipinski definition) is 7. The minimum atomic E-state index is -0.761. The molecular weight excluding hydrogens is 491 g/mol. The largest absolute Gasteiger partial charge is 0.497 e. The first kappa shape index (κ1) is 22.8. The van der Waals surface area contributed by atoms with Crippen LogP contribution >= 0.6 is 23.4 Å². The van der Waals surface area contributed by atoms with E-state index in [4.69, 9.17) is 21.1 Å². The Morgan fingerprint density at radius 2 is 1.91 bits per heavy atom. The van der Waals surface area contributed by atoms with Gasteiger partial charge in [-0.2, -0.15) is 9.37 Å². The number of rotatable bonds is 5. The highest BCUT2D eigenvalue weighted by molar-refractivity contribution is 8.18. The second kappa shape index (κ2) is 9.73. The maximum absolute atomic E-state index is 14.3. The number of aliphatic imine (C=N–C) groups is 1. The fourth-order valence-corrected chi connectivity index (χ4v) is 4.36. The first-order chi connectivity index (χ1) is 17.0. The van der Waals surface area contributed by atoms with Crippen LogP contribution in [0.1, 0.15) is 5.56 Å². The Morgan fingerprint density at radius 3 is 2.71 bits per heavy atom. The van der Waals surface area contributed by atoms with Crippen LogP contribution in [0.3, 0.4) is 0 Å². The van der Waals surface area contributed by atoms with Crippen molar-refractivity contribution < 1.29 is 18.7 Å². The van der Waals surface area contributed by atoms with Crippen molar-refractivity contribution in [3.8, 4) is 17.4 Å². The van der Waals surface area contributed by atoms with Crippen molar-refractivity contribution in [1.29, 1.82) is 0 Å². The van der Waals surface area contributed by atoms with E-state index < -0.39 is 5.82 Å². The fraction of sp³-hybridized carbons (Fsp3) is 0.0400. The molecule has 2 heterocycles. The topological polar surface area (TPSA) is 85.7 Å². The molecule has 1 aliphatic heterocycles. The van der Waals surface area contributed by atoms with E-state index in [0.29, 0.717) is 32.8 Å². The number of amidine groups is 1. The molecular formula is C25H16ClFN4O3S. The summed E-state index contributed by atoms with van der Waals surface area (Å²) in [5.74, 6) is -0.368. The fourth-order valence-electron chi connectivity index (χ4n) is 3.41. The van der Waals surface area contributed by atoms with E-state index in [1.165, 1.54) is 11.8 Å². The molecule has 4 aromatic rings. The quantitative estimate of drug-likeness (QED) is 0.259. The number of fused-ring (bicyclic) bond motifs is 1. The Balaban J connectivity index is 1.53. The van der Waals surface area contributed by atoms with Crippen molar-refractivity contribution in [2.24, 2.45) is 4.99 Å². The van der Waals surface area contributed by atoms with Gasteiger partial charge in [-0.3, -0.25) is 4.79 Å². The van der Waals surface area contributed by atoms with Crippen molar-refractivity contribution >= 4 is 57.0 Å². The van der Waals surface area contributed by atoms with Crippen molar-refractivity contribution in [3.05, 3.63) is 88.4 Å². The van der Waals surface area contributed by atoms with Crippen LogP contribution < -0.4 is 14.8 Å². The van der Waals surface area contributed by atoms with Gasteiger partial charge >= 0.3 is 0 Å². The minimum absolute atomic E-state index is 0.146. The molecule has 1 aliphatic rings. The molecule has 10 heteroatoms. The van der Waals surface area contributed by atoms with Gasteiger partial charge in [-0.25, -0.2) is 9.98 Å². The monoisotopic (exact) mass is 506 g/mol. The van der Waals surface area contributed by atoms with Crippen LogP contribution in [-0.4, -0.2) is 28.2 Å². The number of halogens is 2. The Bertz CT molecular complexity index is 1510. The first-order valence-electron chi connectivity index (χ1n) is 10.3. The van der Waals surface area contributed by atoms with Crippen LogP contribution in [0.5, 0.6) is 17.4 Å². The van der Waals surface area contributed by atoms with Crippen molar-refractivity contribution in [1.82, 2.24) is 15.3 Å². The maximum Gasteiger partial charge on any atom is 0.264 e. The summed E-state index contributed by atoms with van der Waals surface area (Å²) in [5.41, 5.74) is 1.25. The summed E-state index contributed by atoms with van der Waals surface area (Å²) in [6, 6.07) is 18.3. The van der Waals surface area contributed by atoms with Gasteiger partial charge in [-0.1, -0.05) is 30.3 Å². The average Bonchev–Trinajstić information content (AvgIpc) is 3.21. The second-order valence-electron chi connectivity index (χ2n) is 7.27. The molecule has 1 saturated heterocycles. The van der Waals surface area contributed by atoms with Gasteiger partial charge < -0.3 is 14.8 Å². The molecule has 0 atom stereocenters. The third-order valence-electron chi connectivity index (χ3n) is 5.05. The van der Waals surface area contributed by atoms with Crippen LogP contribution in [0, 0.1) is 5.82 Å². The Kier molecular flexibility index (Phi) is 6.35. The van der Waals surface area contributed by atoms with Crippen molar-refractivity contribution in [3.63, 3.8) is 0 Å². The molecule has 0 spiro atoms. The summed E-state index contributed by atoms with van der Waals surface area (Å²) in [4.78, 5) is 25.1. The summed E-state index contributed by atoms with van der Waals surface area (Å²) in [6.45, 7) is 0. The molecule has 0 saturated carbocycles. The van der Waals surface area contributed by atoms with E-state index in [9.17, 15) is 9.18 Å². The number of nitrogens with one attached hydrogen (secondary N) is 1. The summed E-state index contributed by atoms with van der Waals surface area (Å²) < 4.78 is 25.2. The van der Waals surface area contributed by atoms with Gasteiger partial charge in [0, 0.05) is 5.56 Å². The highest BCUT2D eigenvalue weighted by Gasteiger charge is 2.25. The van der Waals surface area contributed by atoms with Gasteiger partial charge in [0.25, 0.3) is 11.8 Å². The standard InChI is InChI=1S/C25H16ClFN4O3S/c1-33-16-9-7-15(8-10-16)29-25-30-22(32)21(35-25)12-18-17-5-3-2-4-14(17)6-11-20(18)34-23-19(27)13-28-24(26)31-23/h2-13H,1H3,(H,29,30,32)/b21-12-. The number of carbonyl (C=O) groups is 1. The molecule has 35 heavy (non-hydrogen) atoms. The highest BCUT2D eigenvalue weighted by atomic mass is 35.5. The highest BCUT2D eigenvalue weighted by Crippen LogP contribution is 2.37. The molecule has 1 N–H and O–H groups in total. The van der Waals surface area contributed by atoms with E-state index in [-0.39, 0.29) is 17.1 Å². The SMILES string of the molecule is COc1ccc(N=C2NC(=O)/C(=C/c3c(Oc4nc(Cl)ncc4F)ccc4ccccc34)S2)cc1. The summed E-state index contributed by atoms with van der Waals surface area (Å²) >= 11 is 7.01. The normalized spacial score (nSPS) is 15.6. The Morgan fingerprint density at radius 1 is 1.11 bits per heavy atom. The number of aromatic nitrogens is 2. The molecule has 7 nitrogen and oxygen atoms in total. The first-order valence-corrected chi connectivity index (χ1v) is 11.5. The van der Waals surface area contributed by atoms with Crippen LogP contribution in [0.15, 0.2) is 76.8 Å². The number of ether oxygens (including phenoxy) is 2. The van der Waals surface area contributed by atoms with E-state index >= 15 is 0 Å². The minimum Gasteiger partial charge on any atom is -0.497 e. The predicted octanol–water partition coefficient (Wildman–Crippen LogP) is 6.11. The van der Waals surface area contributed by atoms with Crippen molar-refractivity contribution in [2.75, 3.05) is 7.11 Å². The maximum atomic E-state index is 14.3. The number of thioether (sulfide) groups is 1. The van der Waals surface area contributed by atoms with Gasteiger partial charge in [-0.15, -0.1) is 0 Å². The Labute approximate surface area is 208 Å². The van der Waals surface area contributed by atoms with Crippen LogP contribution in [0.2, 0.25) is 5.28 Å². The molecule has 0 bridgehead atoms. The molecule has 1 amide bonds. The zero-order valence-corrected chi connectivity index (χ0v) is 19.7. The molecule has 5 rings (SSSR count). The number of amides is 1. The molecule has 1 fully saturated rings. The lowest BCUT2D eigenvalue weighted by Crippen LogP contribution is -2.19. The predicted molar refractivity (Wildman–Crippen MR) is 135 cm³/mol. The van der Waals surface area contributed by atoms with E-state index in [1.807, 2.05) is 30.3 Å². The van der Waals surface area contributed by atoms with E-state index in [1.54, 1.807) is 43.5 Å². The van der Waals surface area contributed by atoms with Crippen LogP contribution in [0.4, 0.5) is 10.1 Å². The third kappa shape index (κ3) is 4.96. The molecule has 0 unspecified atom stereocenters. The van der Waals surface area contributed by atoms with Gasteiger partial charge in [-0.05, 0) is 70.5 Å². The van der Waals surface area contributed by atoms with E-state index in [0.717, 1.165) is 17.0 Å². The molecule has 0 radical (unpaired) electrons. The zero-order valence-electron chi connectivity index (χ0n) is 18.2. The molecule has 3 aromatic carbocycles. The van der Waals surface area contributed by atoms with Gasteiger partial charge in [0.05, 0.1) is 23.9 Å². The smallest absolute Gasteiger partial charge is 0.264 e. The second-order valence-corrected chi connectivity index (χ2v) is 8.64. The lowest BCUT2D eigenvalue weighted by atomic mass is 10.0. The summed E-state index contributed by atoms with van der Waals surface area (Å²) in [5, 5.41) is 4.79. The zero-order chi connectivity index (χ0) is 24.4. The number of nitrogens with zero attached hydrogens (tertiary/aromatic N) is 3. The number of methoxy groups -OCH3 is 1. The van der Waals surface area contributed by atoms with Gasteiger partial charge in [0.15, 0.2) is 5.17 Å². The average molecular weight is 507 g/mol. The number of carbonyl (C=O) groups excluding carboxylic acids is 1. The van der Waals surface area contributed by atoms with Crippen LogP contribution in [-0.2, 0) is 4.79 Å². The molecule has 1 aromatic heterocycles. The van der Waals surface area contributed by atoms with Crippen LogP contribution in [0.25, 0.3) is 16.8 Å². The Hall–Kier alpha value is -3.95. The molecule has 174 valence electrons. The summed E-state index contributed by atoms with van der Waals surface area (Å²) in [6.07, 6.45) is 2.63.